The van der Waals surface area contributed by atoms with Crippen molar-refractivity contribution in [1.82, 2.24) is 15.3 Å². The molecule has 4 nitrogen and oxygen atoms in total. The SMILES string of the molecule is Cc1nc(N(C)C(C)C(C)C)ncc1CNC(C)(C)C. The molecule has 1 heterocycles. The molecule has 114 valence electrons. The molecule has 0 saturated heterocycles. The summed E-state index contributed by atoms with van der Waals surface area (Å²) in [6.07, 6.45) is 1.94. The van der Waals surface area contributed by atoms with Gasteiger partial charge in [-0.1, -0.05) is 13.8 Å². The molecule has 1 aromatic rings. The summed E-state index contributed by atoms with van der Waals surface area (Å²) in [7, 11) is 2.06. The molecule has 0 bridgehead atoms. The third-order valence-electron chi connectivity index (χ3n) is 3.77. The van der Waals surface area contributed by atoms with Gasteiger partial charge in [0, 0.05) is 42.6 Å². The van der Waals surface area contributed by atoms with Crippen LogP contribution in [0.4, 0.5) is 5.95 Å². The van der Waals surface area contributed by atoms with E-state index in [1.54, 1.807) is 0 Å². The van der Waals surface area contributed by atoms with Gasteiger partial charge in [-0.3, -0.25) is 0 Å². The van der Waals surface area contributed by atoms with Crippen LogP contribution < -0.4 is 10.2 Å². The minimum Gasteiger partial charge on any atom is -0.341 e. The molecule has 0 aliphatic heterocycles. The van der Waals surface area contributed by atoms with Gasteiger partial charge >= 0.3 is 0 Å². The topological polar surface area (TPSA) is 41.1 Å². The zero-order valence-electron chi connectivity index (χ0n) is 14.3. The molecule has 0 aromatic carbocycles. The van der Waals surface area contributed by atoms with E-state index in [1.165, 1.54) is 0 Å². The summed E-state index contributed by atoms with van der Waals surface area (Å²) in [6.45, 7) is 16.0. The van der Waals surface area contributed by atoms with Crippen LogP contribution in [0, 0.1) is 12.8 Å². The van der Waals surface area contributed by atoms with Crippen LogP contribution in [0.15, 0.2) is 6.20 Å². The standard InChI is InChI=1S/C16H30N4/c1-11(2)13(4)20(8)15-17-9-14(12(3)19-15)10-18-16(5,6)7/h9,11,13,18H,10H2,1-8H3. The highest BCUT2D eigenvalue weighted by molar-refractivity contribution is 5.33. The Hall–Kier alpha value is -1.16. The lowest BCUT2D eigenvalue weighted by Crippen LogP contribution is -2.36. The Morgan fingerprint density at radius 1 is 1.25 bits per heavy atom. The van der Waals surface area contributed by atoms with Crippen LogP contribution in [0.5, 0.6) is 0 Å². The first kappa shape index (κ1) is 16.9. The number of nitrogens with zero attached hydrogens (tertiary/aromatic N) is 3. The zero-order valence-corrected chi connectivity index (χ0v) is 14.3. The molecular weight excluding hydrogens is 248 g/mol. The highest BCUT2D eigenvalue weighted by Gasteiger charge is 2.17. The van der Waals surface area contributed by atoms with Gasteiger partial charge in [-0.05, 0) is 40.5 Å². The number of nitrogens with one attached hydrogen (secondary N) is 1. The fourth-order valence-electron chi connectivity index (χ4n) is 1.81. The Balaban J connectivity index is 2.82. The van der Waals surface area contributed by atoms with Crippen LogP contribution in [-0.4, -0.2) is 28.6 Å². The van der Waals surface area contributed by atoms with E-state index in [0.717, 1.165) is 23.8 Å². The Kier molecular flexibility index (Phi) is 5.51. The maximum atomic E-state index is 4.65. The van der Waals surface area contributed by atoms with E-state index in [2.05, 4.69) is 75.7 Å². The number of hydrogen-bond acceptors (Lipinski definition) is 4. The first-order valence-electron chi connectivity index (χ1n) is 7.42. The van der Waals surface area contributed by atoms with E-state index in [1.807, 2.05) is 6.20 Å². The molecule has 1 atom stereocenters. The summed E-state index contributed by atoms with van der Waals surface area (Å²) >= 11 is 0. The van der Waals surface area contributed by atoms with Crippen molar-refractivity contribution < 1.29 is 0 Å². The van der Waals surface area contributed by atoms with Crippen LogP contribution in [0.1, 0.15) is 52.8 Å². The number of aryl methyl sites for hydroxylation is 1. The molecular formula is C16H30N4. The van der Waals surface area contributed by atoms with E-state index in [-0.39, 0.29) is 5.54 Å². The van der Waals surface area contributed by atoms with Crippen molar-refractivity contribution in [3.8, 4) is 0 Å². The molecule has 0 radical (unpaired) electrons. The summed E-state index contributed by atoms with van der Waals surface area (Å²) < 4.78 is 0. The van der Waals surface area contributed by atoms with Crippen molar-refractivity contribution in [3.63, 3.8) is 0 Å². The largest absolute Gasteiger partial charge is 0.341 e. The number of hydrogen-bond donors (Lipinski definition) is 1. The maximum Gasteiger partial charge on any atom is 0.225 e. The van der Waals surface area contributed by atoms with E-state index in [0.29, 0.717) is 12.0 Å². The highest BCUT2D eigenvalue weighted by Crippen LogP contribution is 2.16. The molecule has 0 aliphatic carbocycles. The van der Waals surface area contributed by atoms with Gasteiger partial charge < -0.3 is 10.2 Å². The summed E-state index contributed by atoms with van der Waals surface area (Å²) in [6, 6.07) is 0.424. The van der Waals surface area contributed by atoms with Crippen LogP contribution >= 0.6 is 0 Å². The summed E-state index contributed by atoms with van der Waals surface area (Å²) in [5.74, 6) is 1.38. The Labute approximate surface area is 124 Å². The van der Waals surface area contributed by atoms with Gasteiger partial charge in [0.1, 0.15) is 0 Å². The average molecular weight is 278 g/mol. The third-order valence-corrected chi connectivity index (χ3v) is 3.77. The molecule has 1 N–H and O–H groups in total. The van der Waals surface area contributed by atoms with Crippen molar-refractivity contribution >= 4 is 5.95 Å². The molecule has 0 fully saturated rings. The molecule has 0 saturated carbocycles. The Bertz CT molecular complexity index is 435. The highest BCUT2D eigenvalue weighted by atomic mass is 15.2. The molecule has 0 spiro atoms. The lowest BCUT2D eigenvalue weighted by atomic mass is 10.1. The molecule has 1 rings (SSSR count). The van der Waals surface area contributed by atoms with Gasteiger partial charge in [0.15, 0.2) is 0 Å². The number of aromatic nitrogens is 2. The first-order valence-corrected chi connectivity index (χ1v) is 7.42. The zero-order chi connectivity index (χ0) is 15.5. The fraction of sp³-hybridized carbons (Fsp3) is 0.750. The van der Waals surface area contributed by atoms with Crippen LogP contribution in [-0.2, 0) is 6.54 Å². The predicted octanol–water partition coefficient (Wildman–Crippen LogP) is 3.15. The number of rotatable bonds is 5. The third kappa shape index (κ3) is 4.75. The number of anilines is 1. The van der Waals surface area contributed by atoms with E-state index in [4.69, 9.17) is 0 Å². The first-order chi connectivity index (χ1) is 9.11. The van der Waals surface area contributed by atoms with Gasteiger partial charge in [0.05, 0.1) is 0 Å². The Morgan fingerprint density at radius 3 is 2.30 bits per heavy atom. The predicted molar refractivity (Wildman–Crippen MR) is 86.1 cm³/mol. The monoisotopic (exact) mass is 278 g/mol. The molecule has 1 unspecified atom stereocenters. The second-order valence-electron chi connectivity index (χ2n) is 6.98. The van der Waals surface area contributed by atoms with Crippen LogP contribution in [0.3, 0.4) is 0 Å². The second kappa shape index (κ2) is 6.53. The van der Waals surface area contributed by atoms with Crippen molar-refractivity contribution in [2.75, 3.05) is 11.9 Å². The van der Waals surface area contributed by atoms with Crippen molar-refractivity contribution in [2.45, 2.75) is 66.6 Å². The van der Waals surface area contributed by atoms with Crippen molar-refractivity contribution in [3.05, 3.63) is 17.5 Å². The van der Waals surface area contributed by atoms with Crippen LogP contribution in [0.25, 0.3) is 0 Å². The quantitative estimate of drug-likeness (QED) is 0.898. The molecule has 4 heteroatoms. The van der Waals surface area contributed by atoms with E-state index >= 15 is 0 Å². The minimum absolute atomic E-state index is 0.105. The van der Waals surface area contributed by atoms with E-state index in [9.17, 15) is 0 Å². The van der Waals surface area contributed by atoms with E-state index < -0.39 is 0 Å². The van der Waals surface area contributed by atoms with Gasteiger partial charge in [0.25, 0.3) is 0 Å². The lowest BCUT2D eigenvalue weighted by molar-refractivity contribution is 0.423. The summed E-state index contributed by atoms with van der Waals surface area (Å²) in [5, 5.41) is 3.48. The van der Waals surface area contributed by atoms with Gasteiger partial charge in [-0.2, -0.15) is 0 Å². The average Bonchev–Trinajstić information content (AvgIpc) is 2.34. The van der Waals surface area contributed by atoms with Crippen molar-refractivity contribution in [1.29, 1.82) is 0 Å². The Morgan fingerprint density at radius 2 is 1.85 bits per heavy atom. The van der Waals surface area contributed by atoms with Gasteiger partial charge in [0.2, 0.25) is 5.95 Å². The second-order valence-corrected chi connectivity index (χ2v) is 6.98. The normalized spacial score (nSPS) is 13.7. The van der Waals surface area contributed by atoms with Gasteiger partial charge in [-0.15, -0.1) is 0 Å². The minimum atomic E-state index is 0.105. The maximum absolute atomic E-state index is 4.65. The lowest BCUT2D eigenvalue weighted by Gasteiger charge is -2.28. The fourth-order valence-corrected chi connectivity index (χ4v) is 1.81. The molecule has 20 heavy (non-hydrogen) atoms. The molecule has 1 aromatic heterocycles. The summed E-state index contributed by atoms with van der Waals surface area (Å²) in [4.78, 5) is 11.3. The smallest absolute Gasteiger partial charge is 0.225 e. The van der Waals surface area contributed by atoms with Gasteiger partial charge in [-0.25, -0.2) is 9.97 Å². The molecule has 0 aliphatic rings. The molecule has 0 amide bonds. The summed E-state index contributed by atoms with van der Waals surface area (Å²) in [5.41, 5.74) is 2.32. The van der Waals surface area contributed by atoms with Crippen molar-refractivity contribution in [2.24, 2.45) is 5.92 Å². The van der Waals surface area contributed by atoms with Crippen LogP contribution in [0.2, 0.25) is 0 Å².